The number of phenols is 1. The van der Waals surface area contributed by atoms with Gasteiger partial charge in [0.25, 0.3) is 0 Å². The summed E-state index contributed by atoms with van der Waals surface area (Å²) in [7, 11) is 0. The molecule has 1 saturated carbocycles. The number of benzene rings is 1. The summed E-state index contributed by atoms with van der Waals surface area (Å²) < 4.78 is 0. The number of amides is 1. The lowest BCUT2D eigenvalue weighted by atomic mass is 9.76. The number of aromatic hydroxyl groups is 1. The number of carbonyl (C=O) groups is 1. The largest absolute Gasteiger partial charge is 0.508 e. The highest BCUT2D eigenvalue weighted by Crippen LogP contribution is 2.31. The first-order valence-electron chi connectivity index (χ1n) is 7.33. The molecule has 1 aromatic rings. The quantitative estimate of drug-likeness (QED) is 0.745. The summed E-state index contributed by atoms with van der Waals surface area (Å²) >= 11 is 0. The van der Waals surface area contributed by atoms with E-state index in [4.69, 9.17) is 0 Å². The van der Waals surface area contributed by atoms with Crippen molar-refractivity contribution in [2.24, 2.45) is 5.92 Å². The van der Waals surface area contributed by atoms with Crippen LogP contribution in [0.25, 0.3) is 0 Å². The van der Waals surface area contributed by atoms with Crippen LogP contribution in [0.15, 0.2) is 24.3 Å². The van der Waals surface area contributed by atoms with Crippen LogP contribution in [0.2, 0.25) is 0 Å². The van der Waals surface area contributed by atoms with Gasteiger partial charge in [0.15, 0.2) is 0 Å². The van der Waals surface area contributed by atoms with E-state index in [9.17, 15) is 15.0 Å². The van der Waals surface area contributed by atoms with Gasteiger partial charge in [0.05, 0.1) is 6.10 Å². The van der Waals surface area contributed by atoms with E-state index in [1.54, 1.807) is 18.2 Å². The molecule has 0 bridgehead atoms. The summed E-state index contributed by atoms with van der Waals surface area (Å²) in [6, 6.07) is 7.18. The lowest BCUT2D eigenvalue weighted by Gasteiger charge is -2.37. The van der Waals surface area contributed by atoms with Crippen molar-refractivity contribution in [2.45, 2.75) is 51.2 Å². The summed E-state index contributed by atoms with van der Waals surface area (Å²) in [5, 5.41) is 21.8. The Hall–Kier alpha value is -1.55. The highest BCUT2D eigenvalue weighted by Gasteiger charge is 2.33. The van der Waals surface area contributed by atoms with Crippen LogP contribution < -0.4 is 5.32 Å². The van der Waals surface area contributed by atoms with Gasteiger partial charge in [0.2, 0.25) is 5.91 Å². The molecule has 4 heteroatoms. The van der Waals surface area contributed by atoms with Gasteiger partial charge in [-0.1, -0.05) is 19.1 Å². The number of hydrogen-bond donors (Lipinski definition) is 3. The van der Waals surface area contributed by atoms with Crippen LogP contribution in [0.3, 0.4) is 0 Å². The van der Waals surface area contributed by atoms with Crippen molar-refractivity contribution in [3.63, 3.8) is 0 Å². The fraction of sp³-hybridized carbons (Fsp3) is 0.562. The molecule has 1 atom stereocenters. The van der Waals surface area contributed by atoms with Gasteiger partial charge in [-0.3, -0.25) is 4.79 Å². The van der Waals surface area contributed by atoms with E-state index in [-0.39, 0.29) is 23.8 Å². The van der Waals surface area contributed by atoms with E-state index in [1.165, 1.54) is 0 Å². The Balaban J connectivity index is 1.77. The number of carbonyl (C=O) groups excluding carboxylic acids is 1. The Morgan fingerprint density at radius 1 is 1.45 bits per heavy atom. The second kappa shape index (κ2) is 6.75. The Morgan fingerprint density at radius 2 is 2.20 bits per heavy atom. The number of phenolic OH excluding ortho intramolecular Hbond substituents is 1. The summed E-state index contributed by atoms with van der Waals surface area (Å²) in [6.45, 7) is 2.06. The monoisotopic (exact) mass is 277 g/mol. The normalized spacial score (nSPS) is 22.9. The molecule has 1 fully saturated rings. The second-order valence-corrected chi connectivity index (χ2v) is 5.64. The zero-order valence-electron chi connectivity index (χ0n) is 11.9. The van der Waals surface area contributed by atoms with E-state index < -0.39 is 0 Å². The van der Waals surface area contributed by atoms with Gasteiger partial charge in [-0.05, 0) is 49.3 Å². The SMILES string of the molecule is CCC(NC(=O)CCc1cccc(O)c1)C1CC(O)C1. The van der Waals surface area contributed by atoms with Crippen molar-refractivity contribution in [3.05, 3.63) is 29.8 Å². The van der Waals surface area contributed by atoms with E-state index in [1.807, 2.05) is 6.07 Å². The predicted molar refractivity (Wildman–Crippen MR) is 77.4 cm³/mol. The van der Waals surface area contributed by atoms with Gasteiger partial charge >= 0.3 is 0 Å². The molecule has 0 radical (unpaired) electrons. The molecule has 1 amide bonds. The minimum absolute atomic E-state index is 0.0431. The maximum Gasteiger partial charge on any atom is 0.220 e. The average molecular weight is 277 g/mol. The van der Waals surface area contributed by atoms with Crippen LogP contribution in [0.5, 0.6) is 5.75 Å². The van der Waals surface area contributed by atoms with Crippen molar-refractivity contribution in [1.29, 1.82) is 0 Å². The number of aryl methyl sites for hydroxylation is 1. The lowest BCUT2D eigenvalue weighted by molar-refractivity contribution is -0.123. The highest BCUT2D eigenvalue weighted by molar-refractivity contribution is 5.76. The molecule has 1 aliphatic rings. The first-order valence-corrected chi connectivity index (χ1v) is 7.33. The number of nitrogens with one attached hydrogen (secondary N) is 1. The predicted octanol–water partition coefficient (Wildman–Crippen LogP) is 1.99. The van der Waals surface area contributed by atoms with Crippen molar-refractivity contribution in [2.75, 3.05) is 0 Å². The standard InChI is InChI=1S/C16H23NO3/c1-2-15(12-9-14(19)10-12)17-16(20)7-6-11-4-3-5-13(18)8-11/h3-5,8,12,14-15,18-19H,2,6-7,9-10H2,1H3,(H,17,20). The zero-order chi connectivity index (χ0) is 14.5. The number of hydrogen-bond acceptors (Lipinski definition) is 3. The van der Waals surface area contributed by atoms with Crippen LogP contribution >= 0.6 is 0 Å². The van der Waals surface area contributed by atoms with Crippen molar-refractivity contribution in [1.82, 2.24) is 5.32 Å². The van der Waals surface area contributed by atoms with Gasteiger partial charge in [-0.15, -0.1) is 0 Å². The van der Waals surface area contributed by atoms with E-state index in [0.29, 0.717) is 18.8 Å². The number of aliphatic hydroxyl groups is 1. The molecule has 0 saturated heterocycles. The number of rotatable bonds is 6. The van der Waals surface area contributed by atoms with E-state index in [2.05, 4.69) is 12.2 Å². The van der Waals surface area contributed by atoms with Gasteiger partial charge in [0.1, 0.15) is 5.75 Å². The molecule has 3 N–H and O–H groups in total. The molecular formula is C16H23NO3. The molecule has 1 aliphatic carbocycles. The van der Waals surface area contributed by atoms with Crippen LogP contribution in [-0.2, 0) is 11.2 Å². The van der Waals surface area contributed by atoms with Crippen molar-refractivity contribution < 1.29 is 15.0 Å². The third-order valence-electron chi connectivity index (χ3n) is 4.06. The molecule has 2 rings (SSSR count). The molecule has 110 valence electrons. The minimum Gasteiger partial charge on any atom is -0.508 e. The Kier molecular flexibility index (Phi) is 5.01. The van der Waals surface area contributed by atoms with Gasteiger partial charge in [-0.25, -0.2) is 0 Å². The summed E-state index contributed by atoms with van der Waals surface area (Å²) in [5.74, 6) is 0.694. The Morgan fingerprint density at radius 3 is 2.80 bits per heavy atom. The minimum atomic E-state index is -0.182. The van der Waals surface area contributed by atoms with E-state index >= 15 is 0 Å². The molecule has 1 unspecified atom stereocenters. The van der Waals surface area contributed by atoms with Gasteiger partial charge in [0, 0.05) is 12.5 Å². The first kappa shape index (κ1) is 14.9. The van der Waals surface area contributed by atoms with Gasteiger partial charge in [-0.2, -0.15) is 0 Å². The maximum absolute atomic E-state index is 12.0. The van der Waals surface area contributed by atoms with Gasteiger partial charge < -0.3 is 15.5 Å². The summed E-state index contributed by atoms with van der Waals surface area (Å²) in [6.07, 6.45) is 3.36. The van der Waals surface area contributed by atoms with Crippen molar-refractivity contribution >= 4 is 5.91 Å². The van der Waals surface area contributed by atoms with E-state index in [0.717, 1.165) is 24.8 Å². The molecular weight excluding hydrogens is 254 g/mol. The summed E-state index contributed by atoms with van der Waals surface area (Å²) in [5.41, 5.74) is 0.965. The average Bonchev–Trinajstić information content (AvgIpc) is 2.39. The summed E-state index contributed by atoms with van der Waals surface area (Å²) in [4.78, 5) is 12.0. The highest BCUT2D eigenvalue weighted by atomic mass is 16.3. The maximum atomic E-state index is 12.0. The fourth-order valence-electron chi connectivity index (χ4n) is 2.76. The molecule has 1 aromatic carbocycles. The fourth-order valence-corrected chi connectivity index (χ4v) is 2.76. The smallest absolute Gasteiger partial charge is 0.220 e. The second-order valence-electron chi connectivity index (χ2n) is 5.64. The lowest BCUT2D eigenvalue weighted by Crippen LogP contribution is -2.46. The molecule has 0 aromatic heterocycles. The molecule has 0 heterocycles. The van der Waals surface area contributed by atoms with Crippen LogP contribution in [0, 0.1) is 5.92 Å². The topological polar surface area (TPSA) is 69.6 Å². The Bertz CT molecular complexity index is 455. The Labute approximate surface area is 119 Å². The number of aliphatic hydroxyl groups excluding tert-OH is 1. The van der Waals surface area contributed by atoms with Crippen molar-refractivity contribution in [3.8, 4) is 5.75 Å². The van der Waals surface area contributed by atoms with Crippen LogP contribution in [0.4, 0.5) is 0 Å². The molecule has 0 aliphatic heterocycles. The third kappa shape index (κ3) is 3.97. The van der Waals surface area contributed by atoms with Crippen LogP contribution in [-0.4, -0.2) is 28.3 Å². The van der Waals surface area contributed by atoms with Crippen LogP contribution in [0.1, 0.15) is 38.2 Å². The first-order chi connectivity index (χ1) is 9.58. The molecule has 0 spiro atoms. The molecule has 4 nitrogen and oxygen atoms in total. The third-order valence-corrected chi connectivity index (χ3v) is 4.06. The zero-order valence-corrected chi connectivity index (χ0v) is 11.9. The molecule has 20 heavy (non-hydrogen) atoms.